The summed E-state index contributed by atoms with van der Waals surface area (Å²) in [7, 11) is 0. The molecule has 1 aromatic carbocycles. The van der Waals surface area contributed by atoms with E-state index in [1.807, 2.05) is 0 Å². The van der Waals surface area contributed by atoms with E-state index < -0.39 is 0 Å². The van der Waals surface area contributed by atoms with Crippen molar-refractivity contribution in [2.45, 2.75) is 70.1 Å². The number of nitrogens with zero attached hydrogens (tertiary/aromatic N) is 1. The van der Waals surface area contributed by atoms with Crippen LogP contribution >= 0.6 is 0 Å². The standard InChI is InChI=1S/C19H28N2/c1-4-15(13-20-18-9-10-18)12-16(5-1)14-21-11-3-7-17-6-2-8-19(17)21/h1,4-5,12,17-20H,2-3,6-11,13-14H2. The highest BCUT2D eigenvalue weighted by molar-refractivity contribution is 5.23. The van der Waals surface area contributed by atoms with Gasteiger partial charge in [-0.15, -0.1) is 0 Å². The van der Waals surface area contributed by atoms with Crippen molar-refractivity contribution in [2.24, 2.45) is 5.92 Å². The summed E-state index contributed by atoms with van der Waals surface area (Å²) in [4.78, 5) is 2.77. The van der Waals surface area contributed by atoms with Crippen molar-refractivity contribution < 1.29 is 0 Å². The lowest BCUT2D eigenvalue weighted by molar-refractivity contribution is 0.106. The van der Waals surface area contributed by atoms with Crippen LogP contribution in [0.3, 0.4) is 0 Å². The van der Waals surface area contributed by atoms with Crippen LogP contribution in [0, 0.1) is 5.92 Å². The second kappa shape index (κ2) is 6.10. The van der Waals surface area contributed by atoms with Crippen molar-refractivity contribution >= 4 is 0 Å². The maximum absolute atomic E-state index is 3.63. The van der Waals surface area contributed by atoms with E-state index in [0.717, 1.165) is 24.5 Å². The van der Waals surface area contributed by atoms with Gasteiger partial charge < -0.3 is 5.32 Å². The van der Waals surface area contributed by atoms with Crippen LogP contribution < -0.4 is 5.32 Å². The molecule has 0 amide bonds. The molecule has 1 heterocycles. The fraction of sp³-hybridized carbons (Fsp3) is 0.684. The third-order valence-electron chi connectivity index (χ3n) is 5.66. The molecule has 4 rings (SSSR count). The Kier molecular flexibility index (Phi) is 4.00. The molecule has 3 fully saturated rings. The number of fused-ring (bicyclic) bond motifs is 1. The van der Waals surface area contributed by atoms with E-state index in [0.29, 0.717) is 0 Å². The third-order valence-corrected chi connectivity index (χ3v) is 5.66. The van der Waals surface area contributed by atoms with Crippen molar-refractivity contribution in [3.8, 4) is 0 Å². The van der Waals surface area contributed by atoms with Crippen LogP contribution in [0.5, 0.6) is 0 Å². The van der Waals surface area contributed by atoms with Crippen LogP contribution in [0.15, 0.2) is 24.3 Å². The Morgan fingerprint density at radius 3 is 2.76 bits per heavy atom. The van der Waals surface area contributed by atoms with E-state index in [-0.39, 0.29) is 0 Å². The number of benzene rings is 1. The zero-order valence-electron chi connectivity index (χ0n) is 13.1. The van der Waals surface area contributed by atoms with Crippen LogP contribution in [0.1, 0.15) is 56.1 Å². The van der Waals surface area contributed by atoms with E-state index in [9.17, 15) is 0 Å². The van der Waals surface area contributed by atoms with E-state index >= 15 is 0 Å². The summed E-state index contributed by atoms with van der Waals surface area (Å²) in [6.45, 7) is 3.52. The molecule has 2 atom stereocenters. The van der Waals surface area contributed by atoms with E-state index in [2.05, 4.69) is 34.5 Å². The minimum absolute atomic E-state index is 0.801. The number of piperidine rings is 1. The normalized spacial score (nSPS) is 29.5. The van der Waals surface area contributed by atoms with Crippen LogP contribution in [-0.4, -0.2) is 23.5 Å². The maximum atomic E-state index is 3.63. The topological polar surface area (TPSA) is 15.3 Å². The molecule has 2 aliphatic carbocycles. The van der Waals surface area contributed by atoms with E-state index in [1.165, 1.54) is 69.2 Å². The molecule has 21 heavy (non-hydrogen) atoms. The molecule has 1 aliphatic heterocycles. The quantitative estimate of drug-likeness (QED) is 0.887. The van der Waals surface area contributed by atoms with Crippen molar-refractivity contribution in [1.82, 2.24) is 10.2 Å². The van der Waals surface area contributed by atoms with Gasteiger partial charge in [0.25, 0.3) is 0 Å². The Morgan fingerprint density at radius 1 is 1.00 bits per heavy atom. The van der Waals surface area contributed by atoms with Gasteiger partial charge in [0.1, 0.15) is 0 Å². The zero-order chi connectivity index (χ0) is 14.1. The Morgan fingerprint density at radius 2 is 1.86 bits per heavy atom. The van der Waals surface area contributed by atoms with Gasteiger partial charge in [-0.1, -0.05) is 30.7 Å². The van der Waals surface area contributed by atoms with Gasteiger partial charge in [0.2, 0.25) is 0 Å². The van der Waals surface area contributed by atoms with Crippen LogP contribution in [0.2, 0.25) is 0 Å². The van der Waals surface area contributed by atoms with Gasteiger partial charge in [-0.2, -0.15) is 0 Å². The molecule has 1 N–H and O–H groups in total. The lowest BCUT2D eigenvalue weighted by Gasteiger charge is -2.37. The summed E-state index contributed by atoms with van der Waals surface area (Å²) < 4.78 is 0. The molecule has 0 bridgehead atoms. The summed E-state index contributed by atoms with van der Waals surface area (Å²) in [5.41, 5.74) is 2.97. The summed E-state index contributed by atoms with van der Waals surface area (Å²) >= 11 is 0. The highest BCUT2D eigenvalue weighted by Crippen LogP contribution is 2.37. The zero-order valence-corrected chi connectivity index (χ0v) is 13.1. The third kappa shape index (κ3) is 3.32. The highest BCUT2D eigenvalue weighted by Gasteiger charge is 2.34. The number of hydrogen-bond acceptors (Lipinski definition) is 2. The largest absolute Gasteiger partial charge is 0.310 e. The molecule has 114 valence electrons. The molecule has 3 aliphatic rings. The van der Waals surface area contributed by atoms with Gasteiger partial charge in [-0.3, -0.25) is 4.90 Å². The average Bonchev–Trinajstić information content (AvgIpc) is 3.21. The molecular formula is C19H28N2. The first-order chi connectivity index (χ1) is 10.4. The number of likely N-dealkylation sites (tertiary alicyclic amines) is 1. The number of hydrogen-bond donors (Lipinski definition) is 1. The summed E-state index contributed by atoms with van der Waals surface area (Å²) in [6.07, 6.45) is 10.0. The lowest BCUT2D eigenvalue weighted by Crippen LogP contribution is -2.41. The molecule has 0 aromatic heterocycles. The molecule has 1 saturated heterocycles. The minimum Gasteiger partial charge on any atom is -0.310 e. The van der Waals surface area contributed by atoms with Crippen molar-refractivity contribution in [2.75, 3.05) is 6.54 Å². The Hall–Kier alpha value is -0.860. The average molecular weight is 284 g/mol. The Bertz CT molecular complexity index is 480. The molecule has 1 aromatic rings. The molecule has 2 unspecified atom stereocenters. The second-order valence-corrected chi connectivity index (χ2v) is 7.35. The second-order valence-electron chi connectivity index (χ2n) is 7.35. The maximum Gasteiger partial charge on any atom is 0.0236 e. The van der Waals surface area contributed by atoms with Gasteiger partial charge >= 0.3 is 0 Å². The van der Waals surface area contributed by atoms with Gasteiger partial charge in [0.05, 0.1) is 0 Å². The fourth-order valence-electron chi connectivity index (χ4n) is 4.38. The summed E-state index contributed by atoms with van der Waals surface area (Å²) in [5, 5.41) is 3.63. The predicted molar refractivity (Wildman–Crippen MR) is 87.1 cm³/mol. The van der Waals surface area contributed by atoms with Crippen molar-refractivity contribution in [3.05, 3.63) is 35.4 Å². The molecule has 2 saturated carbocycles. The van der Waals surface area contributed by atoms with Crippen LogP contribution in [0.25, 0.3) is 0 Å². The van der Waals surface area contributed by atoms with Crippen molar-refractivity contribution in [1.29, 1.82) is 0 Å². The minimum atomic E-state index is 0.801. The summed E-state index contributed by atoms with van der Waals surface area (Å²) in [5.74, 6) is 0.999. The van der Waals surface area contributed by atoms with Gasteiger partial charge in [0.15, 0.2) is 0 Å². The summed E-state index contributed by atoms with van der Waals surface area (Å²) in [6, 6.07) is 10.9. The predicted octanol–water partition coefficient (Wildman–Crippen LogP) is 3.70. The fourth-order valence-corrected chi connectivity index (χ4v) is 4.38. The van der Waals surface area contributed by atoms with Gasteiger partial charge in [0, 0.05) is 25.2 Å². The molecular weight excluding hydrogens is 256 g/mol. The van der Waals surface area contributed by atoms with Gasteiger partial charge in [-0.25, -0.2) is 0 Å². The van der Waals surface area contributed by atoms with Crippen molar-refractivity contribution in [3.63, 3.8) is 0 Å². The molecule has 2 heteroatoms. The van der Waals surface area contributed by atoms with Crippen LogP contribution in [0.4, 0.5) is 0 Å². The molecule has 0 radical (unpaired) electrons. The Labute approximate surface area is 128 Å². The molecule has 0 spiro atoms. The molecule has 2 nitrogen and oxygen atoms in total. The SMILES string of the molecule is c1cc(CNC2CC2)cc(CN2CCCC3CCCC32)c1. The first kappa shape index (κ1) is 13.8. The monoisotopic (exact) mass is 284 g/mol. The lowest BCUT2D eigenvalue weighted by atomic mass is 9.91. The number of nitrogens with one attached hydrogen (secondary N) is 1. The van der Waals surface area contributed by atoms with E-state index in [4.69, 9.17) is 0 Å². The van der Waals surface area contributed by atoms with Crippen LogP contribution in [-0.2, 0) is 13.1 Å². The number of rotatable bonds is 5. The van der Waals surface area contributed by atoms with E-state index in [1.54, 1.807) is 0 Å². The smallest absolute Gasteiger partial charge is 0.0236 e. The Balaban J connectivity index is 1.39. The van der Waals surface area contributed by atoms with Gasteiger partial charge in [-0.05, 0) is 62.1 Å². The first-order valence-electron chi connectivity index (χ1n) is 8.94. The first-order valence-corrected chi connectivity index (χ1v) is 8.94. The highest BCUT2D eigenvalue weighted by atomic mass is 15.2.